The number of nitrogen functional groups attached to an aromatic ring is 1. The van der Waals surface area contributed by atoms with E-state index in [4.69, 9.17) is 22.6 Å². The highest BCUT2D eigenvalue weighted by atomic mass is 35.5. The molecule has 5 heteroatoms. The van der Waals surface area contributed by atoms with Gasteiger partial charge < -0.3 is 5.73 Å². The summed E-state index contributed by atoms with van der Waals surface area (Å²) in [5.74, 6) is -0.127. The van der Waals surface area contributed by atoms with Crippen LogP contribution in [0.3, 0.4) is 0 Å². The molecule has 0 radical (unpaired) electrons. The number of nitriles is 1. The van der Waals surface area contributed by atoms with Gasteiger partial charge in [0, 0.05) is 5.69 Å². The molecule has 0 atom stereocenters. The molecule has 0 saturated heterocycles. The molecule has 18 heavy (non-hydrogen) atoms. The summed E-state index contributed by atoms with van der Waals surface area (Å²) in [5.41, 5.74) is 8.31. The maximum absolute atomic E-state index is 13.3. The molecule has 0 aliphatic heterocycles. The van der Waals surface area contributed by atoms with Crippen molar-refractivity contribution in [2.24, 2.45) is 0 Å². The number of hydrogen-bond acceptors (Lipinski definition) is 2. The van der Waals surface area contributed by atoms with Crippen LogP contribution in [0.25, 0.3) is 5.69 Å². The van der Waals surface area contributed by atoms with Crippen molar-refractivity contribution in [3.63, 3.8) is 0 Å². The van der Waals surface area contributed by atoms with Crippen LogP contribution in [0, 0.1) is 31.0 Å². The van der Waals surface area contributed by atoms with Gasteiger partial charge in [0.1, 0.15) is 17.7 Å². The molecule has 0 unspecified atom stereocenters. The van der Waals surface area contributed by atoms with Gasteiger partial charge in [0.25, 0.3) is 0 Å². The molecule has 0 aliphatic rings. The molecule has 3 nitrogen and oxygen atoms in total. The van der Waals surface area contributed by atoms with Crippen molar-refractivity contribution in [2.75, 3.05) is 5.73 Å². The van der Waals surface area contributed by atoms with Crippen LogP contribution in [0.1, 0.15) is 16.8 Å². The van der Waals surface area contributed by atoms with Crippen molar-refractivity contribution < 1.29 is 4.39 Å². The molecule has 1 aromatic carbocycles. The van der Waals surface area contributed by atoms with Crippen LogP contribution >= 0.6 is 11.6 Å². The summed E-state index contributed by atoms with van der Waals surface area (Å²) >= 11 is 6.05. The molecule has 2 aromatic rings. The monoisotopic (exact) mass is 263 g/mol. The third-order valence-electron chi connectivity index (χ3n) is 3.01. The Morgan fingerprint density at radius 2 is 2.06 bits per heavy atom. The van der Waals surface area contributed by atoms with E-state index in [0.717, 1.165) is 11.3 Å². The van der Waals surface area contributed by atoms with Crippen LogP contribution in [0.2, 0.25) is 5.02 Å². The van der Waals surface area contributed by atoms with Crippen molar-refractivity contribution in [2.45, 2.75) is 13.8 Å². The molecule has 0 amide bonds. The summed E-state index contributed by atoms with van der Waals surface area (Å²) in [7, 11) is 0. The highest BCUT2D eigenvalue weighted by Crippen LogP contribution is 2.31. The van der Waals surface area contributed by atoms with Gasteiger partial charge >= 0.3 is 0 Å². The molecule has 0 saturated carbocycles. The van der Waals surface area contributed by atoms with Crippen LogP contribution in [0.5, 0.6) is 0 Å². The van der Waals surface area contributed by atoms with Gasteiger partial charge in [0.15, 0.2) is 0 Å². The van der Waals surface area contributed by atoms with Crippen molar-refractivity contribution in [1.82, 2.24) is 4.57 Å². The van der Waals surface area contributed by atoms with Gasteiger partial charge in [-0.3, -0.25) is 4.57 Å². The van der Waals surface area contributed by atoms with E-state index in [-0.39, 0.29) is 5.82 Å². The Morgan fingerprint density at radius 1 is 1.39 bits per heavy atom. The lowest BCUT2D eigenvalue weighted by atomic mass is 10.2. The number of nitrogens with zero attached hydrogens (tertiary/aromatic N) is 2. The number of anilines is 1. The van der Waals surface area contributed by atoms with Crippen LogP contribution in [0.15, 0.2) is 18.2 Å². The Hall–Kier alpha value is -1.99. The lowest BCUT2D eigenvalue weighted by molar-refractivity contribution is 0.626. The lowest BCUT2D eigenvalue weighted by Crippen LogP contribution is -2.03. The van der Waals surface area contributed by atoms with Gasteiger partial charge in [-0.05, 0) is 37.6 Å². The van der Waals surface area contributed by atoms with Crippen molar-refractivity contribution in [3.8, 4) is 11.8 Å². The van der Waals surface area contributed by atoms with Gasteiger partial charge in [-0.25, -0.2) is 4.39 Å². The average Bonchev–Trinajstić information content (AvgIpc) is 2.54. The number of hydrogen-bond donors (Lipinski definition) is 1. The van der Waals surface area contributed by atoms with E-state index >= 15 is 0 Å². The van der Waals surface area contributed by atoms with E-state index in [9.17, 15) is 4.39 Å². The summed E-state index contributed by atoms with van der Waals surface area (Å²) in [6.45, 7) is 3.61. The maximum atomic E-state index is 13.3. The Balaban J connectivity index is 2.80. The van der Waals surface area contributed by atoms with Crippen molar-refractivity contribution in [1.29, 1.82) is 5.26 Å². The Bertz CT molecular complexity index is 668. The van der Waals surface area contributed by atoms with E-state index in [1.807, 2.05) is 13.0 Å². The first-order valence-corrected chi connectivity index (χ1v) is 5.68. The Kier molecular flexibility index (Phi) is 3.02. The second-order valence-corrected chi connectivity index (χ2v) is 4.42. The number of rotatable bonds is 1. The predicted octanol–water partition coefficient (Wildman–Crippen LogP) is 3.34. The quantitative estimate of drug-likeness (QED) is 0.858. The maximum Gasteiger partial charge on any atom is 0.126 e. The third kappa shape index (κ3) is 1.73. The zero-order valence-electron chi connectivity index (χ0n) is 9.96. The standard InChI is InChI=1S/C13H11ClFN3/c1-7-8(2)18(13(17)10(7)6-16)12-5-9(15)3-4-11(12)14/h3-5H,17H2,1-2H3. The molecule has 0 aliphatic carbocycles. The molecule has 0 fully saturated rings. The van der Waals surface area contributed by atoms with Crippen molar-refractivity contribution >= 4 is 17.4 Å². The van der Waals surface area contributed by atoms with Crippen LogP contribution in [-0.2, 0) is 0 Å². The summed E-state index contributed by atoms with van der Waals surface area (Å²) in [6.07, 6.45) is 0. The summed E-state index contributed by atoms with van der Waals surface area (Å²) < 4.78 is 14.9. The fraction of sp³-hybridized carbons (Fsp3) is 0.154. The first-order chi connectivity index (χ1) is 8.47. The summed E-state index contributed by atoms with van der Waals surface area (Å²) in [4.78, 5) is 0. The van der Waals surface area contributed by atoms with Gasteiger partial charge in [-0.2, -0.15) is 5.26 Å². The minimum Gasteiger partial charge on any atom is -0.384 e. The third-order valence-corrected chi connectivity index (χ3v) is 3.33. The minimum atomic E-state index is -0.405. The predicted molar refractivity (Wildman–Crippen MR) is 69.3 cm³/mol. The normalized spacial score (nSPS) is 10.4. The highest BCUT2D eigenvalue weighted by Gasteiger charge is 2.18. The Labute approximate surface area is 109 Å². The fourth-order valence-corrected chi connectivity index (χ4v) is 2.14. The second-order valence-electron chi connectivity index (χ2n) is 4.01. The van der Waals surface area contributed by atoms with Gasteiger partial charge in [-0.1, -0.05) is 11.6 Å². The van der Waals surface area contributed by atoms with E-state index < -0.39 is 5.82 Å². The smallest absolute Gasteiger partial charge is 0.126 e. The molecule has 2 rings (SSSR count). The number of aromatic nitrogens is 1. The van der Waals surface area contributed by atoms with E-state index in [1.165, 1.54) is 18.2 Å². The Morgan fingerprint density at radius 3 is 2.61 bits per heavy atom. The molecule has 2 N–H and O–H groups in total. The first kappa shape index (κ1) is 12.5. The summed E-state index contributed by atoms with van der Waals surface area (Å²) in [5, 5.41) is 9.44. The van der Waals surface area contributed by atoms with Crippen LogP contribution in [-0.4, -0.2) is 4.57 Å². The molecular formula is C13H11ClFN3. The van der Waals surface area contributed by atoms with Crippen LogP contribution < -0.4 is 5.73 Å². The molecule has 0 bridgehead atoms. The van der Waals surface area contributed by atoms with Crippen molar-refractivity contribution in [3.05, 3.63) is 45.9 Å². The van der Waals surface area contributed by atoms with Gasteiger partial charge in [0.2, 0.25) is 0 Å². The highest BCUT2D eigenvalue weighted by molar-refractivity contribution is 6.32. The topological polar surface area (TPSA) is 54.7 Å². The van der Waals surface area contributed by atoms with E-state index in [2.05, 4.69) is 0 Å². The zero-order valence-corrected chi connectivity index (χ0v) is 10.7. The second kappa shape index (κ2) is 4.35. The van der Waals surface area contributed by atoms with E-state index in [0.29, 0.717) is 16.3 Å². The van der Waals surface area contributed by atoms with E-state index in [1.54, 1.807) is 11.5 Å². The van der Waals surface area contributed by atoms with Gasteiger partial charge in [0.05, 0.1) is 16.3 Å². The van der Waals surface area contributed by atoms with Gasteiger partial charge in [-0.15, -0.1) is 0 Å². The average molecular weight is 264 g/mol. The SMILES string of the molecule is Cc1c(C#N)c(N)n(-c2cc(F)ccc2Cl)c1C. The number of nitrogens with two attached hydrogens (primary N) is 1. The molecule has 1 heterocycles. The molecule has 92 valence electrons. The fourth-order valence-electron chi connectivity index (χ4n) is 1.94. The number of halogens is 2. The molecule has 0 spiro atoms. The largest absolute Gasteiger partial charge is 0.384 e. The zero-order chi connectivity index (χ0) is 13.4. The summed E-state index contributed by atoms with van der Waals surface area (Å²) in [6, 6.07) is 6.09. The lowest BCUT2D eigenvalue weighted by Gasteiger charge is -2.11. The van der Waals surface area contributed by atoms with Crippen LogP contribution in [0.4, 0.5) is 10.2 Å². The molecule has 1 aromatic heterocycles. The molecular weight excluding hydrogens is 253 g/mol. The first-order valence-electron chi connectivity index (χ1n) is 5.30. The number of benzene rings is 1. The minimum absolute atomic E-state index is 0.278.